The average Bonchev–Trinajstić information content (AvgIpc) is 2.13. The molecular weight excluding hydrogens is 166 g/mol. The molecule has 0 bridgehead atoms. The van der Waals surface area contributed by atoms with E-state index in [1.165, 1.54) is 9.27 Å². The predicted octanol–water partition coefficient (Wildman–Crippen LogP) is -2.09. The van der Waals surface area contributed by atoms with Crippen molar-refractivity contribution in [1.29, 1.82) is 0 Å². The Kier molecular flexibility index (Phi) is 2.50. The molecule has 0 aliphatic heterocycles. The summed E-state index contributed by atoms with van der Waals surface area (Å²) in [6.07, 6.45) is 0. The molecule has 0 radical (unpaired) electrons. The molecule has 0 N–H and O–H groups in total. The van der Waals surface area contributed by atoms with Crippen LogP contribution in [0.2, 0.25) is 0 Å². The van der Waals surface area contributed by atoms with Gasteiger partial charge in [0, 0.05) is 18.2 Å². The van der Waals surface area contributed by atoms with Crippen molar-refractivity contribution in [1.82, 2.24) is 9.27 Å². The van der Waals surface area contributed by atoms with Crippen molar-refractivity contribution in [2.75, 3.05) is 0 Å². The summed E-state index contributed by atoms with van der Waals surface area (Å²) in [6.45, 7) is 3.37. The predicted molar refractivity (Wildman–Crippen MR) is 56.5 cm³/mol. The fourth-order valence-electron chi connectivity index (χ4n) is 1.36. The van der Waals surface area contributed by atoms with Gasteiger partial charge < -0.3 is 4.59 Å². The molecule has 1 rings (SSSR count). The molecule has 1 aromatic heterocycles. The van der Waals surface area contributed by atoms with Crippen LogP contribution in [0.3, 0.4) is 0 Å². The topological polar surface area (TPSA) is 44.0 Å². The molecule has 1 aromatic rings. The average molecular weight is 178 g/mol. The van der Waals surface area contributed by atoms with Gasteiger partial charge in [-0.3, -0.25) is 14.3 Å². The zero-order chi connectivity index (χ0) is 10.2. The van der Waals surface area contributed by atoms with Crippen LogP contribution >= 0.6 is 0 Å². The van der Waals surface area contributed by atoms with Gasteiger partial charge in [-0.1, -0.05) is 0 Å². The van der Waals surface area contributed by atoms with Gasteiger partial charge in [-0.05, 0) is 13.8 Å². The molecule has 0 aliphatic rings. The molecule has 6 heteroatoms. The molecule has 0 saturated carbocycles. The maximum absolute atomic E-state index is 11.6. The molecule has 0 saturated heterocycles. The molecule has 0 unspecified atom stereocenters. The Morgan fingerprint density at radius 2 is 1.62 bits per heavy atom. The largest absolute Gasteiger partial charge is 0.310 e. The number of hydrogen-bond donors (Lipinski definition) is 0. The molecule has 13 heavy (non-hydrogen) atoms. The minimum atomic E-state index is -0.0982. The van der Waals surface area contributed by atoms with E-state index in [9.17, 15) is 9.59 Å². The van der Waals surface area contributed by atoms with E-state index in [0.717, 1.165) is 0 Å². The Balaban J connectivity index is 3.78. The maximum atomic E-state index is 11.6. The summed E-state index contributed by atoms with van der Waals surface area (Å²) in [4.78, 5) is 23.1. The first kappa shape index (κ1) is 9.89. The van der Waals surface area contributed by atoms with E-state index >= 15 is 0 Å². The van der Waals surface area contributed by atoms with Gasteiger partial charge in [0.05, 0.1) is 7.74 Å². The molecule has 1 heterocycles. The van der Waals surface area contributed by atoms with Crippen molar-refractivity contribution in [3.05, 3.63) is 31.8 Å². The number of hydrogen-bond acceptors (Lipinski definition) is 2. The van der Waals surface area contributed by atoms with Gasteiger partial charge in [0.25, 0.3) is 11.1 Å². The quantitative estimate of drug-likeness (QED) is 0.462. The van der Waals surface area contributed by atoms with E-state index in [4.69, 9.17) is 0 Å². The fraction of sp³-hybridized carbons (Fsp3) is 0.429. The van der Waals surface area contributed by atoms with Crippen LogP contribution in [0.25, 0.3) is 0 Å². The minimum absolute atomic E-state index is 0.0814. The summed E-state index contributed by atoms with van der Waals surface area (Å²) in [5.41, 5.74) is 0.906. The summed E-state index contributed by atoms with van der Waals surface area (Å²) in [5, 5.41) is 0. The molecule has 0 amide bonds. The van der Waals surface area contributed by atoms with Gasteiger partial charge in [-0.25, -0.2) is 0 Å². The molecule has 0 spiro atoms. The number of nitrogens with zero attached hydrogens (tertiary/aromatic N) is 2. The lowest BCUT2D eigenvalue weighted by atomic mass is 9.67. The summed E-state index contributed by atoms with van der Waals surface area (Å²) in [6, 6.07) is 0. The third-order valence-electron chi connectivity index (χ3n) is 2.39. The first-order valence-electron chi connectivity index (χ1n) is 4.28. The monoisotopic (exact) mass is 178 g/mol. The highest BCUT2D eigenvalue weighted by molar-refractivity contribution is 6.88. The Morgan fingerprint density at radius 1 is 1.15 bits per heavy atom. The van der Waals surface area contributed by atoms with E-state index in [-0.39, 0.29) is 11.1 Å². The Labute approximate surface area is 77.8 Å². The summed E-state index contributed by atoms with van der Waals surface area (Å²) >= 11 is 0. The van der Waals surface area contributed by atoms with E-state index in [0.29, 0.717) is 18.4 Å². The lowest BCUT2D eigenvalue weighted by Gasteiger charge is -2.11. The highest BCUT2D eigenvalue weighted by Gasteiger charge is 2.08. The molecular formula is C7H12B2N2O2. The van der Waals surface area contributed by atoms with Crippen LogP contribution in [0, 0.1) is 13.8 Å². The molecule has 0 fully saturated rings. The summed E-state index contributed by atoms with van der Waals surface area (Å²) in [5.74, 6) is 0. The third-order valence-corrected chi connectivity index (χ3v) is 2.39. The van der Waals surface area contributed by atoms with Gasteiger partial charge in [-0.2, -0.15) is 0 Å². The third kappa shape index (κ3) is 1.36. The van der Waals surface area contributed by atoms with Crippen molar-refractivity contribution >= 4 is 15.0 Å². The second kappa shape index (κ2) is 3.28. The molecule has 0 aliphatic carbocycles. The zero-order valence-electron chi connectivity index (χ0n) is 8.42. The van der Waals surface area contributed by atoms with Crippen molar-refractivity contribution in [2.24, 2.45) is 7.05 Å². The van der Waals surface area contributed by atoms with Crippen molar-refractivity contribution in [3.63, 3.8) is 0 Å². The minimum Gasteiger partial charge on any atom is -0.310 e. The fourth-order valence-corrected chi connectivity index (χ4v) is 1.36. The van der Waals surface area contributed by atoms with Crippen LogP contribution in [0.5, 0.6) is 0 Å². The first-order chi connectivity index (χ1) is 6.00. The van der Waals surface area contributed by atoms with E-state index in [2.05, 4.69) is 0 Å². The van der Waals surface area contributed by atoms with Gasteiger partial charge in [0.2, 0.25) is 7.31 Å². The van der Waals surface area contributed by atoms with Crippen LogP contribution in [-0.4, -0.2) is 24.3 Å². The molecule has 0 aromatic carbocycles. The van der Waals surface area contributed by atoms with Crippen molar-refractivity contribution < 1.29 is 0 Å². The Bertz CT molecular complexity index is 447. The second-order valence-electron chi connectivity index (χ2n) is 3.10. The Morgan fingerprint density at radius 3 is 2.08 bits per heavy atom. The van der Waals surface area contributed by atoms with E-state index < -0.39 is 0 Å². The SMILES string of the molecule is BBn1c(=O)c(C)c(C)c(=O)n1C. The smallest absolute Gasteiger partial charge is 0.267 e. The van der Waals surface area contributed by atoms with Crippen molar-refractivity contribution in [2.45, 2.75) is 13.8 Å². The maximum Gasteiger partial charge on any atom is 0.267 e. The highest BCUT2D eigenvalue weighted by Crippen LogP contribution is 1.91. The lowest BCUT2D eigenvalue weighted by Crippen LogP contribution is -2.42. The lowest BCUT2D eigenvalue weighted by molar-refractivity contribution is 0.629. The summed E-state index contributed by atoms with van der Waals surface area (Å²) in [7, 11) is 3.97. The standard InChI is InChI=1S/C7H12B2N2O2/c1-4-5(2)7(13)11(9-8)10(3)6(4)12/h9H,8H2,1-3H3. The van der Waals surface area contributed by atoms with Crippen LogP contribution in [-0.2, 0) is 7.05 Å². The number of aromatic nitrogens is 2. The molecule has 4 nitrogen and oxygen atoms in total. The van der Waals surface area contributed by atoms with Gasteiger partial charge in [0.1, 0.15) is 0 Å². The van der Waals surface area contributed by atoms with Crippen LogP contribution < -0.4 is 11.1 Å². The first-order valence-corrected chi connectivity index (χ1v) is 4.28. The second-order valence-corrected chi connectivity index (χ2v) is 3.10. The van der Waals surface area contributed by atoms with Gasteiger partial charge in [0.15, 0.2) is 0 Å². The molecule has 68 valence electrons. The van der Waals surface area contributed by atoms with Crippen LogP contribution in [0.15, 0.2) is 9.59 Å². The van der Waals surface area contributed by atoms with E-state index in [1.807, 2.05) is 7.74 Å². The Hall–Kier alpha value is -1.19. The van der Waals surface area contributed by atoms with Gasteiger partial charge >= 0.3 is 0 Å². The highest BCUT2D eigenvalue weighted by atomic mass is 16.2. The van der Waals surface area contributed by atoms with Crippen molar-refractivity contribution in [3.8, 4) is 0 Å². The van der Waals surface area contributed by atoms with E-state index in [1.54, 1.807) is 20.9 Å². The van der Waals surface area contributed by atoms with Crippen LogP contribution in [0.4, 0.5) is 0 Å². The number of rotatable bonds is 1. The summed E-state index contributed by atoms with van der Waals surface area (Å²) < 4.78 is 2.80. The normalized spacial score (nSPS) is 10.1. The van der Waals surface area contributed by atoms with Crippen LogP contribution in [0.1, 0.15) is 11.1 Å². The molecule has 0 atom stereocenters. The zero-order valence-corrected chi connectivity index (χ0v) is 8.42. The van der Waals surface area contributed by atoms with Gasteiger partial charge in [-0.15, -0.1) is 0 Å².